The van der Waals surface area contributed by atoms with Crippen molar-refractivity contribution in [2.24, 2.45) is 0 Å². The van der Waals surface area contributed by atoms with Crippen LogP contribution in [0.25, 0.3) is 0 Å². The number of aliphatic hydroxyl groups is 2. The van der Waals surface area contributed by atoms with Gasteiger partial charge in [0.1, 0.15) is 6.10 Å². The van der Waals surface area contributed by atoms with Gasteiger partial charge in [0.2, 0.25) is 5.91 Å². The highest BCUT2D eigenvalue weighted by atomic mass is 16.3. The monoisotopic (exact) mass is 454 g/mol. The SMILES string of the molecule is CCCCCCCCCCCCCCC(=O)NCCCCCC(=O)C(O)[C@@H]1CC(O)CN1. The van der Waals surface area contributed by atoms with E-state index in [9.17, 15) is 19.8 Å². The summed E-state index contributed by atoms with van der Waals surface area (Å²) in [4.78, 5) is 23.9. The van der Waals surface area contributed by atoms with E-state index in [2.05, 4.69) is 17.6 Å². The third-order valence-corrected chi connectivity index (χ3v) is 6.53. The van der Waals surface area contributed by atoms with E-state index in [-0.39, 0.29) is 17.7 Å². The summed E-state index contributed by atoms with van der Waals surface area (Å²) < 4.78 is 0. The normalized spacial score (nSPS) is 19.2. The maximum Gasteiger partial charge on any atom is 0.219 e. The van der Waals surface area contributed by atoms with Gasteiger partial charge in [-0.3, -0.25) is 9.59 Å². The molecule has 3 atom stereocenters. The first-order chi connectivity index (χ1) is 15.5. The Bertz CT molecular complexity index is 486. The van der Waals surface area contributed by atoms with Crippen molar-refractivity contribution < 1.29 is 19.8 Å². The van der Waals surface area contributed by atoms with E-state index in [0.717, 1.165) is 32.1 Å². The van der Waals surface area contributed by atoms with Gasteiger partial charge in [0, 0.05) is 32.0 Å². The summed E-state index contributed by atoms with van der Waals surface area (Å²) in [6, 6.07) is -0.322. The second-order valence-electron chi connectivity index (χ2n) is 9.62. The van der Waals surface area contributed by atoms with Crippen LogP contribution in [0, 0.1) is 0 Å². The maximum atomic E-state index is 12.0. The van der Waals surface area contributed by atoms with Crippen LogP contribution in [-0.2, 0) is 9.59 Å². The summed E-state index contributed by atoms with van der Waals surface area (Å²) in [7, 11) is 0. The number of rotatable bonds is 21. The second-order valence-corrected chi connectivity index (χ2v) is 9.62. The molecule has 6 heteroatoms. The van der Waals surface area contributed by atoms with Gasteiger partial charge in [0.25, 0.3) is 0 Å². The van der Waals surface area contributed by atoms with Gasteiger partial charge in [0.15, 0.2) is 5.78 Å². The van der Waals surface area contributed by atoms with Gasteiger partial charge in [-0.1, -0.05) is 84.0 Å². The third-order valence-electron chi connectivity index (χ3n) is 6.53. The number of ketones is 1. The molecule has 0 aliphatic carbocycles. The van der Waals surface area contributed by atoms with E-state index in [1.54, 1.807) is 0 Å². The molecule has 1 aliphatic rings. The molecule has 0 radical (unpaired) electrons. The van der Waals surface area contributed by atoms with Crippen molar-refractivity contribution in [2.75, 3.05) is 13.1 Å². The fourth-order valence-corrected chi connectivity index (χ4v) is 4.40. The number of hydrogen-bond acceptors (Lipinski definition) is 5. The van der Waals surface area contributed by atoms with E-state index in [4.69, 9.17) is 0 Å². The Morgan fingerprint density at radius 1 is 0.844 bits per heavy atom. The molecule has 1 amide bonds. The smallest absolute Gasteiger partial charge is 0.219 e. The van der Waals surface area contributed by atoms with Gasteiger partial charge >= 0.3 is 0 Å². The summed E-state index contributed by atoms with van der Waals surface area (Å²) in [5, 5.41) is 25.5. The van der Waals surface area contributed by atoms with E-state index in [1.165, 1.54) is 64.2 Å². The molecule has 0 aromatic rings. The van der Waals surface area contributed by atoms with Crippen molar-refractivity contribution in [2.45, 2.75) is 141 Å². The molecule has 1 fully saturated rings. The van der Waals surface area contributed by atoms with Gasteiger partial charge in [0.05, 0.1) is 6.10 Å². The minimum Gasteiger partial charge on any atom is -0.392 e. The van der Waals surface area contributed by atoms with Gasteiger partial charge < -0.3 is 20.8 Å². The van der Waals surface area contributed by atoms with Crippen molar-refractivity contribution in [3.05, 3.63) is 0 Å². The molecule has 1 aliphatic heterocycles. The molecule has 188 valence electrons. The fourth-order valence-electron chi connectivity index (χ4n) is 4.40. The molecule has 0 aromatic carbocycles. The van der Waals surface area contributed by atoms with Crippen LogP contribution in [-0.4, -0.2) is 53.2 Å². The number of Topliss-reactive ketones (excluding diaryl/α,β-unsaturated/α-hetero) is 1. The van der Waals surface area contributed by atoms with Crippen LogP contribution in [0.3, 0.4) is 0 Å². The van der Waals surface area contributed by atoms with E-state index in [0.29, 0.717) is 32.4 Å². The number of hydrogen-bond donors (Lipinski definition) is 4. The van der Waals surface area contributed by atoms with Gasteiger partial charge in [-0.05, 0) is 25.7 Å². The Balaban J connectivity index is 1.83. The molecule has 0 bridgehead atoms. The zero-order valence-corrected chi connectivity index (χ0v) is 20.6. The Morgan fingerprint density at radius 2 is 1.38 bits per heavy atom. The number of nitrogens with one attached hydrogen (secondary N) is 2. The number of carbonyl (C=O) groups is 2. The molecule has 0 saturated carbocycles. The van der Waals surface area contributed by atoms with Crippen molar-refractivity contribution in [1.82, 2.24) is 10.6 Å². The van der Waals surface area contributed by atoms with Crippen molar-refractivity contribution in [3.8, 4) is 0 Å². The number of amides is 1. The molecule has 1 rings (SSSR count). The zero-order chi connectivity index (χ0) is 23.4. The average molecular weight is 455 g/mol. The average Bonchev–Trinajstić information content (AvgIpc) is 3.22. The van der Waals surface area contributed by atoms with Crippen LogP contribution in [0.1, 0.15) is 122 Å². The molecule has 0 spiro atoms. The number of aliphatic hydroxyl groups excluding tert-OH is 2. The lowest BCUT2D eigenvalue weighted by atomic mass is 10.0. The Morgan fingerprint density at radius 3 is 1.94 bits per heavy atom. The molecule has 2 unspecified atom stereocenters. The zero-order valence-electron chi connectivity index (χ0n) is 20.6. The molecule has 4 N–H and O–H groups in total. The maximum absolute atomic E-state index is 12.0. The lowest BCUT2D eigenvalue weighted by Gasteiger charge is -2.16. The molecular formula is C26H50N2O4. The minimum atomic E-state index is -1.03. The van der Waals surface area contributed by atoms with E-state index >= 15 is 0 Å². The number of carbonyl (C=O) groups excluding carboxylic acids is 2. The van der Waals surface area contributed by atoms with Crippen molar-refractivity contribution in [1.29, 1.82) is 0 Å². The Labute approximate surface area is 196 Å². The summed E-state index contributed by atoms with van der Waals surface area (Å²) >= 11 is 0. The molecule has 6 nitrogen and oxygen atoms in total. The molecule has 0 aromatic heterocycles. The lowest BCUT2D eigenvalue weighted by molar-refractivity contribution is -0.128. The minimum absolute atomic E-state index is 0.134. The molecule has 1 heterocycles. The second kappa shape index (κ2) is 19.5. The molecular weight excluding hydrogens is 404 g/mol. The van der Waals surface area contributed by atoms with Crippen molar-refractivity contribution in [3.63, 3.8) is 0 Å². The van der Waals surface area contributed by atoms with Crippen LogP contribution in [0.5, 0.6) is 0 Å². The van der Waals surface area contributed by atoms with Crippen LogP contribution < -0.4 is 10.6 Å². The van der Waals surface area contributed by atoms with Gasteiger partial charge in [-0.15, -0.1) is 0 Å². The molecule has 1 saturated heterocycles. The highest BCUT2D eigenvalue weighted by molar-refractivity contribution is 5.83. The number of unbranched alkanes of at least 4 members (excludes halogenated alkanes) is 13. The first-order valence-corrected chi connectivity index (χ1v) is 13.4. The predicted molar refractivity (Wildman–Crippen MR) is 131 cm³/mol. The highest BCUT2D eigenvalue weighted by Gasteiger charge is 2.31. The largest absolute Gasteiger partial charge is 0.392 e. The Kier molecular flexibility index (Phi) is 17.7. The van der Waals surface area contributed by atoms with E-state index in [1.807, 2.05) is 0 Å². The van der Waals surface area contributed by atoms with Crippen LogP contribution in [0.2, 0.25) is 0 Å². The molecule has 32 heavy (non-hydrogen) atoms. The van der Waals surface area contributed by atoms with E-state index < -0.39 is 12.2 Å². The van der Waals surface area contributed by atoms with Crippen molar-refractivity contribution >= 4 is 11.7 Å². The third kappa shape index (κ3) is 15.0. The summed E-state index contributed by atoms with van der Waals surface area (Å²) in [5.74, 6) is -0.0259. The highest BCUT2D eigenvalue weighted by Crippen LogP contribution is 2.14. The topological polar surface area (TPSA) is 98.7 Å². The lowest BCUT2D eigenvalue weighted by Crippen LogP contribution is -2.40. The first kappa shape index (κ1) is 29.1. The van der Waals surface area contributed by atoms with Crippen LogP contribution in [0.15, 0.2) is 0 Å². The standard InChI is InChI=1S/C26H50N2O4/c1-2-3-4-5-6-7-8-9-10-11-12-15-18-25(31)27-19-16-13-14-17-24(30)26(32)23-20-22(29)21-28-23/h22-23,26,28-29,32H,2-21H2,1H3,(H,27,31)/t22?,23-,26?/m0/s1. The van der Waals surface area contributed by atoms with Gasteiger partial charge in [-0.25, -0.2) is 0 Å². The van der Waals surface area contributed by atoms with Crippen LogP contribution in [0.4, 0.5) is 0 Å². The first-order valence-electron chi connectivity index (χ1n) is 13.4. The predicted octanol–water partition coefficient (Wildman–Crippen LogP) is 4.41. The number of β-amino-alcohol motifs (C(OH)–C–C–N with tert-alkyl or cyclic N) is 1. The summed E-state index contributed by atoms with van der Waals surface area (Å²) in [6.07, 6.45) is 17.9. The van der Waals surface area contributed by atoms with Gasteiger partial charge in [-0.2, -0.15) is 0 Å². The summed E-state index contributed by atoms with van der Waals surface area (Å²) in [5.41, 5.74) is 0. The quantitative estimate of drug-likeness (QED) is 0.193. The fraction of sp³-hybridized carbons (Fsp3) is 0.923. The Hall–Kier alpha value is -0.980. The van der Waals surface area contributed by atoms with Crippen LogP contribution >= 0.6 is 0 Å². The summed E-state index contributed by atoms with van der Waals surface area (Å²) in [6.45, 7) is 3.35.